The van der Waals surface area contributed by atoms with Crippen molar-refractivity contribution in [2.45, 2.75) is 36.6 Å². The molecule has 0 aliphatic carbocycles. The third kappa shape index (κ3) is 5.05. The van der Waals surface area contributed by atoms with Gasteiger partial charge in [-0.15, -0.1) is 0 Å². The highest BCUT2D eigenvalue weighted by molar-refractivity contribution is 7.89. The Labute approximate surface area is 146 Å². The van der Waals surface area contributed by atoms with Gasteiger partial charge in [0.25, 0.3) is 5.91 Å². The van der Waals surface area contributed by atoms with Crippen LogP contribution < -0.4 is 10.0 Å². The molecule has 0 saturated carbocycles. The van der Waals surface area contributed by atoms with Crippen molar-refractivity contribution < 1.29 is 36.6 Å². The number of hydrogen-bond donors (Lipinski definition) is 4. The van der Waals surface area contributed by atoms with Crippen LogP contribution in [0.1, 0.15) is 13.8 Å². The van der Waals surface area contributed by atoms with Crippen LogP contribution in [0, 0.1) is 0 Å². The zero-order valence-corrected chi connectivity index (χ0v) is 14.6. The molecule has 7 nitrogen and oxygen atoms in total. The molecule has 0 saturated heterocycles. The van der Waals surface area contributed by atoms with E-state index in [0.717, 1.165) is 18.2 Å². The number of anilines is 1. The Hall–Kier alpha value is -1.40. The first-order valence-corrected chi connectivity index (χ1v) is 8.61. The SMILES string of the molecule is CC(CO)NS(=O)(=O)c1ccc(NC(=O)[C@@](C)(O)C(F)(F)F)c(Cl)c1. The van der Waals surface area contributed by atoms with Gasteiger partial charge in [0.2, 0.25) is 15.6 Å². The number of aliphatic hydroxyl groups excluding tert-OH is 1. The molecule has 1 unspecified atom stereocenters. The predicted octanol–water partition coefficient (Wildman–Crippen LogP) is 1.25. The number of carbonyl (C=O) groups is 1. The second-order valence-electron chi connectivity index (χ2n) is 5.37. The summed E-state index contributed by atoms with van der Waals surface area (Å²) in [6, 6.07) is 2.11. The smallest absolute Gasteiger partial charge is 0.395 e. The summed E-state index contributed by atoms with van der Waals surface area (Å²) in [7, 11) is -4.03. The number of alkyl halides is 3. The first-order chi connectivity index (χ1) is 11.2. The van der Waals surface area contributed by atoms with E-state index in [2.05, 4.69) is 4.72 Å². The quantitative estimate of drug-likeness (QED) is 0.569. The second-order valence-corrected chi connectivity index (χ2v) is 7.49. The van der Waals surface area contributed by atoms with Crippen LogP contribution in [0.4, 0.5) is 18.9 Å². The van der Waals surface area contributed by atoms with E-state index >= 15 is 0 Å². The molecule has 12 heteroatoms. The van der Waals surface area contributed by atoms with Gasteiger partial charge in [0, 0.05) is 6.04 Å². The minimum absolute atomic E-state index is 0.273. The Morgan fingerprint density at radius 3 is 2.36 bits per heavy atom. The molecule has 0 radical (unpaired) electrons. The Morgan fingerprint density at radius 1 is 1.36 bits per heavy atom. The minimum Gasteiger partial charge on any atom is -0.395 e. The van der Waals surface area contributed by atoms with E-state index in [0.29, 0.717) is 0 Å². The number of rotatable bonds is 6. The summed E-state index contributed by atoms with van der Waals surface area (Å²) in [5, 5.41) is 19.6. The van der Waals surface area contributed by atoms with Crippen molar-refractivity contribution in [1.29, 1.82) is 0 Å². The molecule has 0 heterocycles. The summed E-state index contributed by atoms with van der Waals surface area (Å²) >= 11 is 5.80. The molecular weight excluding hydrogens is 389 g/mol. The van der Waals surface area contributed by atoms with Crippen LogP contribution in [-0.2, 0) is 14.8 Å². The van der Waals surface area contributed by atoms with Gasteiger partial charge >= 0.3 is 6.18 Å². The Balaban J connectivity index is 3.06. The maximum Gasteiger partial charge on any atom is 0.426 e. The fourth-order valence-corrected chi connectivity index (χ4v) is 3.06. The highest BCUT2D eigenvalue weighted by atomic mass is 35.5. The molecule has 1 aromatic rings. The van der Waals surface area contributed by atoms with Gasteiger partial charge in [0.1, 0.15) is 0 Å². The van der Waals surface area contributed by atoms with Gasteiger partial charge in [-0.2, -0.15) is 13.2 Å². The summed E-state index contributed by atoms with van der Waals surface area (Å²) in [5.41, 5.74) is -3.97. The van der Waals surface area contributed by atoms with E-state index in [1.54, 1.807) is 5.32 Å². The topological polar surface area (TPSA) is 116 Å². The normalized spacial score (nSPS) is 16.2. The number of benzene rings is 1. The molecule has 0 spiro atoms. The lowest BCUT2D eigenvalue weighted by molar-refractivity contribution is -0.242. The molecule has 0 bridgehead atoms. The van der Waals surface area contributed by atoms with Crippen molar-refractivity contribution in [3.05, 3.63) is 23.2 Å². The number of carbonyl (C=O) groups excluding carboxylic acids is 1. The number of nitrogens with one attached hydrogen (secondary N) is 2. The zero-order chi connectivity index (χ0) is 19.6. The van der Waals surface area contributed by atoms with Crippen LogP contribution in [0.2, 0.25) is 5.02 Å². The monoisotopic (exact) mass is 404 g/mol. The third-order valence-electron chi connectivity index (χ3n) is 3.12. The standard InChI is InChI=1S/C13H16ClF3N2O5S/c1-7(6-20)19-25(23,24)8-3-4-10(9(14)5-8)18-11(21)12(2,22)13(15,16)17/h3-5,7,19-20,22H,6H2,1-2H3,(H,18,21)/t7?,12-/m1/s1. The van der Waals surface area contributed by atoms with Crippen LogP contribution in [0.3, 0.4) is 0 Å². The average molecular weight is 405 g/mol. The summed E-state index contributed by atoms with van der Waals surface area (Å²) in [6.45, 7) is 1.23. The van der Waals surface area contributed by atoms with Crippen molar-refractivity contribution in [3.8, 4) is 0 Å². The van der Waals surface area contributed by atoms with Crippen molar-refractivity contribution in [3.63, 3.8) is 0 Å². The van der Waals surface area contributed by atoms with E-state index < -0.39 is 40.4 Å². The molecule has 0 fully saturated rings. The molecule has 0 aromatic heterocycles. The number of halogens is 4. The maximum absolute atomic E-state index is 12.6. The van der Waals surface area contributed by atoms with E-state index in [-0.39, 0.29) is 22.5 Å². The molecular formula is C13H16ClF3N2O5S. The molecule has 1 rings (SSSR count). The largest absolute Gasteiger partial charge is 0.426 e. The van der Waals surface area contributed by atoms with E-state index in [1.165, 1.54) is 6.92 Å². The zero-order valence-electron chi connectivity index (χ0n) is 13.1. The van der Waals surface area contributed by atoms with E-state index in [9.17, 15) is 31.5 Å². The van der Waals surface area contributed by atoms with Gasteiger partial charge in [-0.1, -0.05) is 11.6 Å². The van der Waals surface area contributed by atoms with Crippen molar-refractivity contribution in [2.24, 2.45) is 0 Å². The second kappa shape index (κ2) is 7.46. The van der Waals surface area contributed by atoms with Gasteiger partial charge < -0.3 is 15.5 Å². The third-order valence-corrected chi connectivity index (χ3v) is 5.02. The van der Waals surface area contributed by atoms with Gasteiger partial charge in [-0.3, -0.25) is 4.79 Å². The lowest BCUT2D eigenvalue weighted by Gasteiger charge is -2.25. The fourth-order valence-electron chi connectivity index (χ4n) is 1.51. The lowest BCUT2D eigenvalue weighted by Crippen LogP contribution is -2.52. The maximum atomic E-state index is 12.6. The van der Waals surface area contributed by atoms with Crippen LogP contribution >= 0.6 is 11.6 Å². The van der Waals surface area contributed by atoms with Crippen molar-refractivity contribution >= 4 is 33.2 Å². The first-order valence-electron chi connectivity index (χ1n) is 6.75. The number of sulfonamides is 1. The first kappa shape index (κ1) is 21.6. The van der Waals surface area contributed by atoms with E-state index in [1.807, 2.05) is 0 Å². The van der Waals surface area contributed by atoms with Gasteiger partial charge in [0.05, 0.1) is 22.2 Å². The van der Waals surface area contributed by atoms with Crippen LogP contribution in [0.25, 0.3) is 0 Å². The molecule has 0 aliphatic rings. The lowest BCUT2D eigenvalue weighted by atomic mass is 10.1. The summed E-state index contributed by atoms with van der Waals surface area (Å²) in [5.74, 6) is -1.77. The van der Waals surface area contributed by atoms with Gasteiger partial charge in [0.15, 0.2) is 0 Å². The van der Waals surface area contributed by atoms with Crippen molar-refractivity contribution in [1.82, 2.24) is 4.72 Å². The Kier molecular flexibility index (Phi) is 6.46. The van der Waals surface area contributed by atoms with Gasteiger partial charge in [-0.05, 0) is 32.0 Å². The molecule has 142 valence electrons. The van der Waals surface area contributed by atoms with Crippen LogP contribution in [0.5, 0.6) is 0 Å². The minimum atomic E-state index is -5.21. The summed E-state index contributed by atoms with van der Waals surface area (Å²) < 4.78 is 64.0. The Morgan fingerprint density at radius 2 is 1.92 bits per heavy atom. The highest BCUT2D eigenvalue weighted by Crippen LogP contribution is 2.32. The molecule has 0 aliphatic heterocycles. The molecule has 1 amide bonds. The fraction of sp³-hybridized carbons (Fsp3) is 0.462. The number of aliphatic hydroxyl groups is 2. The van der Waals surface area contributed by atoms with Crippen LogP contribution in [0.15, 0.2) is 23.1 Å². The van der Waals surface area contributed by atoms with Gasteiger partial charge in [-0.25, -0.2) is 13.1 Å². The summed E-state index contributed by atoms with van der Waals surface area (Å²) in [6.07, 6.45) is -5.21. The van der Waals surface area contributed by atoms with E-state index in [4.69, 9.17) is 16.7 Å². The highest BCUT2D eigenvalue weighted by Gasteiger charge is 2.55. The molecule has 25 heavy (non-hydrogen) atoms. The number of hydrogen-bond acceptors (Lipinski definition) is 5. The molecule has 2 atom stereocenters. The average Bonchev–Trinajstić information content (AvgIpc) is 2.47. The van der Waals surface area contributed by atoms with Crippen LogP contribution in [-0.4, -0.2) is 49.0 Å². The predicted molar refractivity (Wildman–Crippen MR) is 83.6 cm³/mol. The molecule has 4 N–H and O–H groups in total. The number of amides is 1. The van der Waals surface area contributed by atoms with Crippen molar-refractivity contribution in [2.75, 3.05) is 11.9 Å². The Bertz CT molecular complexity index is 753. The molecule has 1 aromatic carbocycles. The summed E-state index contributed by atoms with van der Waals surface area (Å²) in [4.78, 5) is 11.3.